The molecule has 0 fully saturated rings. The van der Waals surface area contributed by atoms with Crippen molar-refractivity contribution < 1.29 is 14.7 Å². The lowest BCUT2D eigenvalue weighted by Crippen LogP contribution is -2.34. The van der Waals surface area contributed by atoms with Crippen LogP contribution in [0.1, 0.15) is 12.0 Å². The Morgan fingerprint density at radius 3 is 3.11 bits per heavy atom. The van der Waals surface area contributed by atoms with E-state index in [0.717, 1.165) is 0 Å². The van der Waals surface area contributed by atoms with Crippen LogP contribution in [0, 0.1) is 0 Å². The maximum atomic E-state index is 11.6. The highest BCUT2D eigenvalue weighted by Gasteiger charge is 2.29. The number of para-hydroxylation sites is 1. The Morgan fingerprint density at radius 1 is 1.61 bits per heavy atom. The van der Waals surface area contributed by atoms with E-state index in [4.69, 9.17) is 4.84 Å². The molecule has 1 atom stereocenters. The number of aromatic hydroxyl groups is 1. The highest BCUT2D eigenvalue weighted by atomic mass is 16.6. The second-order valence-corrected chi connectivity index (χ2v) is 3.89. The molecule has 0 spiro atoms. The number of rotatable bonds is 4. The van der Waals surface area contributed by atoms with Crippen LogP contribution in [0.5, 0.6) is 5.75 Å². The zero-order valence-corrected chi connectivity index (χ0v) is 9.80. The van der Waals surface area contributed by atoms with E-state index in [1.54, 1.807) is 30.3 Å². The molecule has 94 valence electrons. The second-order valence-electron chi connectivity index (χ2n) is 3.89. The van der Waals surface area contributed by atoms with Crippen LogP contribution in [-0.2, 0) is 9.63 Å². The number of carbonyl (C=O) groups is 1. The lowest BCUT2D eigenvalue weighted by Gasteiger charge is -2.07. The molecule has 2 rings (SSSR count). The third-order valence-electron chi connectivity index (χ3n) is 2.60. The molecule has 0 bridgehead atoms. The van der Waals surface area contributed by atoms with Gasteiger partial charge in [0.15, 0.2) is 0 Å². The largest absolute Gasteiger partial charge is 0.507 e. The fourth-order valence-electron chi connectivity index (χ4n) is 1.68. The first kappa shape index (κ1) is 12.2. The number of oxime groups is 1. The molecule has 18 heavy (non-hydrogen) atoms. The predicted octanol–water partition coefficient (Wildman–Crippen LogP) is 1.19. The van der Waals surface area contributed by atoms with Gasteiger partial charge in [-0.15, -0.1) is 6.58 Å². The van der Waals surface area contributed by atoms with Crippen molar-refractivity contribution in [2.45, 2.75) is 12.5 Å². The van der Waals surface area contributed by atoms with E-state index in [-0.39, 0.29) is 11.7 Å². The Kier molecular flexibility index (Phi) is 3.62. The van der Waals surface area contributed by atoms with Crippen LogP contribution in [0.25, 0.3) is 0 Å². The van der Waals surface area contributed by atoms with E-state index in [9.17, 15) is 9.90 Å². The molecule has 1 amide bonds. The fraction of sp³-hybridized carbons (Fsp3) is 0.231. The zero-order chi connectivity index (χ0) is 13.0. The average molecular weight is 246 g/mol. The van der Waals surface area contributed by atoms with E-state index < -0.39 is 6.10 Å². The molecule has 0 unspecified atom stereocenters. The van der Waals surface area contributed by atoms with Crippen molar-refractivity contribution in [3.05, 3.63) is 42.5 Å². The second kappa shape index (κ2) is 5.35. The van der Waals surface area contributed by atoms with Crippen LogP contribution in [0.2, 0.25) is 0 Å². The van der Waals surface area contributed by atoms with Gasteiger partial charge in [0, 0.05) is 18.5 Å². The molecule has 5 nitrogen and oxygen atoms in total. The van der Waals surface area contributed by atoms with Crippen LogP contribution in [-0.4, -0.2) is 29.4 Å². The Bertz CT molecular complexity index is 497. The summed E-state index contributed by atoms with van der Waals surface area (Å²) in [6, 6.07) is 6.83. The molecule has 0 aliphatic carbocycles. The van der Waals surface area contributed by atoms with Gasteiger partial charge in [0.2, 0.25) is 6.10 Å². The summed E-state index contributed by atoms with van der Waals surface area (Å²) in [5, 5.41) is 16.2. The number of hydrogen-bond donors (Lipinski definition) is 2. The lowest BCUT2D eigenvalue weighted by molar-refractivity contribution is -0.130. The minimum atomic E-state index is -0.639. The maximum absolute atomic E-state index is 11.6. The molecular weight excluding hydrogens is 232 g/mol. The van der Waals surface area contributed by atoms with Crippen molar-refractivity contribution in [3.63, 3.8) is 0 Å². The van der Waals surface area contributed by atoms with Gasteiger partial charge < -0.3 is 15.3 Å². The van der Waals surface area contributed by atoms with Gasteiger partial charge in [0.1, 0.15) is 5.75 Å². The summed E-state index contributed by atoms with van der Waals surface area (Å²) < 4.78 is 0. The van der Waals surface area contributed by atoms with Gasteiger partial charge in [-0.1, -0.05) is 23.4 Å². The normalized spacial score (nSPS) is 17.8. The standard InChI is InChI=1S/C13H14N2O3/c1-2-7-14-13(17)12-8-10(15-18-12)9-5-3-4-6-11(9)16/h2-6,12,16H,1,7-8H2,(H,14,17)/t12-/m0/s1. The number of benzene rings is 1. The summed E-state index contributed by atoms with van der Waals surface area (Å²) in [4.78, 5) is 16.7. The highest BCUT2D eigenvalue weighted by Crippen LogP contribution is 2.23. The van der Waals surface area contributed by atoms with Crippen molar-refractivity contribution in [3.8, 4) is 5.75 Å². The van der Waals surface area contributed by atoms with Gasteiger partial charge in [0.05, 0.1) is 5.71 Å². The molecule has 1 aromatic carbocycles. The highest BCUT2D eigenvalue weighted by molar-refractivity contribution is 6.05. The topological polar surface area (TPSA) is 70.9 Å². The zero-order valence-electron chi connectivity index (χ0n) is 9.80. The summed E-state index contributed by atoms with van der Waals surface area (Å²) >= 11 is 0. The number of carbonyl (C=O) groups excluding carboxylic acids is 1. The SMILES string of the molecule is C=CCNC(=O)[C@@H]1CC(c2ccccc2O)=NO1. The quantitative estimate of drug-likeness (QED) is 0.784. The summed E-state index contributed by atoms with van der Waals surface area (Å²) in [6.45, 7) is 3.91. The molecule has 1 aromatic rings. The minimum absolute atomic E-state index is 0.131. The first-order valence-corrected chi connectivity index (χ1v) is 5.62. The van der Waals surface area contributed by atoms with Crippen molar-refractivity contribution in [2.75, 3.05) is 6.54 Å². The van der Waals surface area contributed by atoms with Gasteiger partial charge in [0.25, 0.3) is 5.91 Å². The smallest absolute Gasteiger partial charge is 0.264 e. The molecule has 1 heterocycles. The van der Waals surface area contributed by atoms with Crippen LogP contribution < -0.4 is 5.32 Å². The fourth-order valence-corrected chi connectivity index (χ4v) is 1.68. The van der Waals surface area contributed by atoms with Gasteiger partial charge in [-0.2, -0.15) is 0 Å². The van der Waals surface area contributed by atoms with E-state index in [0.29, 0.717) is 24.2 Å². The Hall–Kier alpha value is -2.30. The maximum Gasteiger partial charge on any atom is 0.264 e. The molecule has 0 saturated heterocycles. The number of hydrogen-bond acceptors (Lipinski definition) is 4. The van der Waals surface area contributed by atoms with Crippen LogP contribution >= 0.6 is 0 Å². The molecule has 1 aliphatic heterocycles. The third kappa shape index (κ3) is 2.51. The molecule has 2 N–H and O–H groups in total. The number of phenols is 1. The molecular formula is C13H14N2O3. The van der Waals surface area contributed by atoms with Crippen molar-refractivity contribution in [1.29, 1.82) is 0 Å². The summed E-state index contributed by atoms with van der Waals surface area (Å²) in [6.07, 6.45) is 1.30. The van der Waals surface area contributed by atoms with Crippen molar-refractivity contribution in [2.24, 2.45) is 5.16 Å². The van der Waals surface area contributed by atoms with E-state index in [1.165, 1.54) is 0 Å². The summed E-state index contributed by atoms with van der Waals surface area (Å²) in [5.74, 6) is -0.101. The average Bonchev–Trinajstić information content (AvgIpc) is 2.86. The Labute approximate surface area is 105 Å². The molecule has 0 radical (unpaired) electrons. The lowest BCUT2D eigenvalue weighted by atomic mass is 10.0. The summed E-state index contributed by atoms with van der Waals surface area (Å²) in [5.41, 5.74) is 1.17. The number of amides is 1. The van der Waals surface area contributed by atoms with Crippen LogP contribution in [0.4, 0.5) is 0 Å². The van der Waals surface area contributed by atoms with Crippen LogP contribution in [0.15, 0.2) is 42.1 Å². The van der Waals surface area contributed by atoms with Crippen molar-refractivity contribution >= 4 is 11.6 Å². The van der Waals surface area contributed by atoms with E-state index in [2.05, 4.69) is 17.1 Å². The van der Waals surface area contributed by atoms with Gasteiger partial charge in [-0.25, -0.2) is 0 Å². The third-order valence-corrected chi connectivity index (χ3v) is 2.60. The van der Waals surface area contributed by atoms with Gasteiger partial charge in [-0.3, -0.25) is 4.79 Å². The van der Waals surface area contributed by atoms with Crippen molar-refractivity contribution in [1.82, 2.24) is 5.32 Å². The summed E-state index contributed by atoms with van der Waals surface area (Å²) in [7, 11) is 0. The Balaban J connectivity index is 2.02. The molecule has 1 aliphatic rings. The molecule has 5 heteroatoms. The predicted molar refractivity (Wildman–Crippen MR) is 67.3 cm³/mol. The van der Waals surface area contributed by atoms with Gasteiger partial charge >= 0.3 is 0 Å². The molecule has 0 saturated carbocycles. The number of phenolic OH excluding ortho intramolecular Hbond substituents is 1. The number of nitrogens with one attached hydrogen (secondary N) is 1. The van der Waals surface area contributed by atoms with E-state index in [1.807, 2.05) is 0 Å². The monoisotopic (exact) mass is 246 g/mol. The first-order chi connectivity index (χ1) is 8.72. The number of nitrogens with zero attached hydrogens (tertiary/aromatic N) is 1. The van der Waals surface area contributed by atoms with E-state index >= 15 is 0 Å². The molecule has 0 aromatic heterocycles. The minimum Gasteiger partial charge on any atom is -0.507 e. The first-order valence-electron chi connectivity index (χ1n) is 5.62. The van der Waals surface area contributed by atoms with Gasteiger partial charge in [-0.05, 0) is 12.1 Å². The van der Waals surface area contributed by atoms with Crippen LogP contribution in [0.3, 0.4) is 0 Å². The Morgan fingerprint density at radius 2 is 2.39 bits per heavy atom.